The zero-order chi connectivity index (χ0) is 13.0. The van der Waals surface area contributed by atoms with Crippen LogP contribution < -0.4 is 10.6 Å². The van der Waals surface area contributed by atoms with Crippen LogP contribution in [0.15, 0.2) is 24.3 Å². The van der Waals surface area contributed by atoms with Crippen molar-refractivity contribution >= 4 is 11.6 Å². The van der Waals surface area contributed by atoms with E-state index in [2.05, 4.69) is 22.5 Å². The second-order valence-corrected chi connectivity index (χ2v) is 4.79. The summed E-state index contributed by atoms with van der Waals surface area (Å²) in [7, 11) is 0. The molecule has 4 heteroatoms. The summed E-state index contributed by atoms with van der Waals surface area (Å²) in [5, 5.41) is 6.18. The number of anilines is 1. The minimum absolute atomic E-state index is 0.0642. The molecule has 0 atom stereocenters. The molecule has 2 rings (SSSR count). The average molecular weight is 247 g/mol. The Morgan fingerprint density at radius 2 is 2.28 bits per heavy atom. The number of aryl methyl sites for hydroxylation is 1. The van der Waals surface area contributed by atoms with Crippen LogP contribution in [0.2, 0.25) is 0 Å². The number of likely N-dealkylation sites (N-methyl/N-ethyl adjacent to an activating group) is 1. The van der Waals surface area contributed by atoms with Gasteiger partial charge in [-0.3, -0.25) is 9.69 Å². The molecule has 1 saturated heterocycles. The lowest BCUT2D eigenvalue weighted by Crippen LogP contribution is -2.58. The molecule has 0 spiro atoms. The van der Waals surface area contributed by atoms with E-state index >= 15 is 0 Å². The molecule has 98 valence electrons. The van der Waals surface area contributed by atoms with E-state index in [4.69, 9.17) is 0 Å². The number of hydrogen-bond donors (Lipinski definition) is 2. The molecular weight excluding hydrogens is 226 g/mol. The highest BCUT2D eigenvalue weighted by Gasteiger charge is 2.24. The zero-order valence-corrected chi connectivity index (χ0v) is 11.1. The van der Waals surface area contributed by atoms with Crippen molar-refractivity contribution in [3.63, 3.8) is 0 Å². The van der Waals surface area contributed by atoms with Crippen molar-refractivity contribution in [2.24, 2.45) is 0 Å². The fourth-order valence-corrected chi connectivity index (χ4v) is 2.14. The van der Waals surface area contributed by atoms with Crippen molar-refractivity contribution in [3.05, 3.63) is 29.8 Å². The summed E-state index contributed by atoms with van der Waals surface area (Å²) < 4.78 is 0. The summed E-state index contributed by atoms with van der Waals surface area (Å²) in [6.07, 6.45) is 0. The Bertz CT molecular complexity index is 415. The monoisotopic (exact) mass is 247 g/mol. The summed E-state index contributed by atoms with van der Waals surface area (Å²) in [5.74, 6) is 0.0642. The number of rotatable bonds is 5. The molecule has 0 unspecified atom stereocenters. The lowest BCUT2D eigenvalue weighted by molar-refractivity contribution is -0.118. The van der Waals surface area contributed by atoms with Crippen LogP contribution in [-0.4, -0.2) is 43.0 Å². The molecule has 2 N–H and O–H groups in total. The first-order valence-electron chi connectivity index (χ1n) is 6.50. The highest BCUT2D eigenvalue weighted by Crippen LogP contribution is 2.10. The third-order valence-corrected chi connectivity index (χ3v) is 3.33. The van der Waals surface area contributed by atoms with Crippen LogP contribution in [0.25, 0.3) is 0 Å². The van der Waals surface area contributed by atoms with E-state index in [0.717, 1.165) is 30.9 Å². The lowest BCUT2D eigenvalue weighted by Gasteiger charge is -2.37. The Balaban J connectivity index is 1.87. The SMILES string of the molecule is CCN(CC(=O)Nc1cccc(C)c1)C1CNC1. The van der Waals surface area contributed by atoms with Crippen molar-refractivity contribution in [3.8, 4) is 0 Å². The molecule has 0 bridgehead atoms. The van der Waals surface area contributed by atoms with Gasteiger partial charge in [-0.05, 0) is 31.2 Å². The van der Waals surface area contributed by atoms with Gasteiger partial charge >= 0.3 is 0 Å². The number of hydrogen-bond acceptors (Lipinski definition) is 3. The quantitative estimate of drug-likeness (QED) is 0.822. The molecule has 0 saturated carbocycles. The number of amides is 1. The molecule has 18 heavy (non-hydrogen) atoms. The summed E-state index contributed by atoms with van der Waals surface area (Å²) >= 11 is 0. The summed E-state index contributed by atoms with van der Waals surface area (Å²) in [5.41, 5.74) is 2.03. The highest BCUT2D eigenvalue weighted by atomic mass is 16.2. The van der Waals surface area contributed by atoms with E-state index in [9.17, 15) is 4.79 Å². The average Bonchev–Trinajstić information content (AvgIpc) is 2.25. The topological polar surface area (TPSA) is 44.4 Å². The Morgan fingerprint density at radius 1 is 1.50 bits per heavy atom. The Hall–Kier alpha value is -1.39. The van der Waals surface area contributed by atoms with E-state index in [0.29, 0.717) is 12.6 Å². The minimum atomic E-state index is 0.0642. The largest absolute Gasteiger partial charge is 0.325 e. The molecule has 0 radical (unpaired) electrons. The number of nitrogens with zero attached hydrogens (tertiary/aromatic N) is 1. The molecule has 1 heterocycles. The first-order valence-corrected chi connectivity index (χ1v) is 6.50. The molecule has 0 aromatic heterocycles. The van der Waals surface area contributed by atoms with Crippen molar-refractivity contribution in [2.45, 2.75) is 19.9 Å². The molecule has 1 aliphatic heterocycles. The normalized spacial score (nSPS) is 15.5. The third-order valence-electron chi connectivity index (χ3n) is 3.33. The van der Waals surface area contributed by atoms with E-state index in [-0.39, 0.29) is 5.91 Å². The first kappa shape index (κ1) is 13.1. The van der Waals surface area contributed by atoms with Gasteiger partial charge in [0.25, 0.3) is 0 Å². The predicted molar refractivity (Wildman–Crippen MR) is 73.7 cm³/mol. The minimum Gasteiger partial charge on any atom is -0.325 e. The Labute approximate surface area is 108 Å². The molecule has 0 aliphatic carbocycles. The standard InChI is InChI=1S/C14H21N3O/c1-3-17(13-8-15-9-13)10-14(18)16-12-6-4-5-11(2)7-12/h4-7,13,15H,3,8-10H2,1-2H3,(H,16,18). The van der Waals surface area contributed by atoms with Gasteiger partial charge in [0, 0.05) is 24.8 Å². The van der Waals surface area contributed by atoms with Crippen LogP contribution in [0, 0.1) is 6.92 Å². The summed E-state index contributed by atoms with van der Waals surface area (Å²) in [4.78, 5) is 14.2. The Kier molecular flexibility index (Phi) is 4.33. The van der Waals surface area contributed by atoms with Crippen molar-refractivity contribution in [1.29, 1.82) is 0 Å². The van der Waals surface area contributed by atoms with E-state index in [1.54, 1.807) is 0 Å². The van der Waals surface area contributed by atoms with E-state index in [1.165, 1.54) is 0 Å². The smallest absolute Gasteiger partial charge is 0.238 e. The fourth-order valence-electron chi connectivity index (χ4n) is 2.14. The molecular formula is C14H21N3O. The van der Waals surface area contributed by atoms with Crippen LogP contribution in [0.4, 0.5) is 5.69 Å². The number of nitrogens with one attached hydrogen (secondary N) is 2. The number of benzene rings is 1. The fraction of sp³-hybridized carbons (Fsp3) is 0.500. The van der Waals surface area contributed by atoms with Crippen LogP contribution >= 0.6 is 0 Å². The van der Waals surface area contributed by atoms with Crippen molar-refractivity contribution < 1.29 is 4.79 Å². The number of carbonyl (C=O) groups excluding carboxylic acids is 1. The third kappa shape index (κ3) is 3.31. The van der Waals surface area contributed by atoms with Crippen LogP contribution in [0.1, 0.15) is 12.5 Å². The summed E-state index contributed by atoms with van der Waals surface area (Å²) in [6.45, 7) is 7.48. The van der Waals surface area contributed by atoms with Gasteiger partial charge in [0.05, 0.1) is 6.54 Å². The van der Waals surface area contributed by atoms with Crippen LogP contribution in [-0.2, 0) is 4.79 Å². The van der Waals surface area contributed by atoms with Gasteiger partial charge in [0.2, 0.25) is 5.91 Å². The maximum Gasteiger partial charge on any atom is 0.238 e. The molecule has 4 nitrogen and oxygen atoms in total. The van der Waals surface area contributed by atoms with Crippen molar-refractivity contribution in [1.82, 2.24) is 10.2 Å². The first-order chi connectivity index (χ1) is 8.69. The van der Waals surface area contributed by atoms with Gasteiger partial charge in [-0.2, -0.15) is 0 Å². The van der Waals surface area contributed by atoms with Gasteiger partial charge in [0.15, 0.2) is 0 Å². The van der Waals surface area contributed by atoms with Crippen LogP contribution in [0.5, 0.6) is 0 Å². The molecule has 1 fully saturated rings. The van der Waals surface area contributed by atoms with Gasteiger partial charge < -0.3 is 10.6 Å². The maximum absolute atomic E-state index is 12.0. The van der Waals surface area contributed by atoms with Gasteiger partial charge in [-0.25, -0.2) is 0 Å². The highest BCUT2D eigenvalue weighted by molar-refractivity contribution is 5.92. The van der Waals surface area contributed by atoms with Gasteiger partial charge in [0.1, 0.15) is 0 Å². The second-order valence-electron chi connectivity index (χ2n) is 4.79. The molecule has 1 aromatic carbocycles. The van der Waals surface area contributed by atoms with E-state index < -0.39 is 0 Å². The predicted octanol–water partition coefficient (Wildman–Crippen LogP) is 1.23. The van der Waals surface area contributed by atoms with Gasteiger partial charge in [-0.1, -0.05) is 19.1 Å². The Morgan fingerprint density at radius 3 is 2.83 bits per heavy atom. The molecule has 1 aromatic rings. The van der Waals surface area contributed by atoms with E-state index in [1.807, 2.05) is 31.2 Å². The molecule has 1 amide bonds. The molecule has 1 aliphatic rings. The van der Waals surface area contributed by atoms with Gasteiger partial charge in [-0.15, -0.1) is 0 Å². The van der Waals surface area contributed by atoms with Crippen molar-refractivity contribution in [2.75, 3.05) is 31.5 Å². The van der Waals surface area contributed by atoms with Crippen LogP contribution in [0.3, 0.4) is 0 Å². The maximum atomic E-state index is 12.0. The zero-order valence-electron chi connectivity index (χ0n) is 11.1. The summed E-state index contributed by atoms with van der Waals surface area (Å²) in [6, 6.07) is 8.40. The second kappa shape index (κ2) is 5.98. The lowest BCUT2D eigenvalue weighted by atomic mass is 10.1. The number of carbonyl (C=O) groups is 1.